The first-order valence-electron chi connectivity index (χ1n) is 13.7. The van der Waals surface area contributed by atoms with Crippen LogP contribution in [0.25, 0.3) is 0 Å². The largest absolute Gasteiger partial charge is 0.0654 e. The molecular weight excluding hydrogens is 336 g/mol. The van der Waals surface area contributed by atoms with E-state index in [-0.39, 0.29) is 0 Å². The first-order valence-corrected chi connectivity index (χ1v) is 13.7. The van der Waals surface area contributed by atoms with Crippen LogP contribution in [0.15, 0.2) is 0 Å². The Labute approximate surface area is 181 Å². The quantitative estimate of drug-likeness (QED) is 0.151. The summed E-state index contributed by atoms with van der Waals surface area (Å²) < 4.78 is 0. The average Bonchev–Trinajstić information content (AvgIpc) is 2.70. The molecule has 0 aliphatic rings. The highest BCUT2D eigenvalue weighted by Crippen LogP contribution is 2.24. The molecule has 170 valence electrons. The van der Waals surface area contributed by atoms with Gasteiger partial charge in [0.2, 0.25) is 0 Å². The topological polar surface area (TPSA) is 0 Å². The maximum atomic E-state index is 2.50. The molecule has 0 radical (unpaired) electrons. The van der Waals surface area contributed by atoms with E-state index in [2.05, 4.69) is 27.7 Å². The van der Waals surface area contributed by atoms with E-state index >= 15 is 0 Å². The average molecular weight is 395 g/mol. The van der Waals surface area contributed by atoms with E-state index in [0.717, 1.165) is 11.8 Å². The maximum absolute atomic E-state index is 2.50. The predicted octanol–water partition coefficient (Wildman–Crippen LogP) is 10.9. The minimum atomic E-state index is 0.938. The lowest BCUT2D eigenvalue weighted by atomic mass is 9.86. The summed E-state index contributed by atoms with van der Waals surface area (Å²) in [5.41, 5.74) is 0. The van der Waals surface area contributed by atoms with Crippen LogP contribution in [0, 0.1) is 11.8 Å². The highest BCUT2D eigenvalue weighted by molar-refractivity contribution is 4.63. The Bertz CT molecular complexity index is 269. The van der Waals surface area contributed by atoms with Gasteiger partial charge in [-0.1, -0.05) is 169 Å². The Kier molecular flexibility index (Phi) is 23.3. The van der Waals surface area contributed by atoms with E-state index < -0.39 is 0 Å². The summed E-state index contributed by atoms with van der Waals surface area (Å²) in [6.45, 7) is 9.61. The predicted molar refractivity (Wildman–Crippen MR) is 131 cm³/mol. The van der Waals surface area contributed by atoms with E-state index in [1.165, 1.54) is 141 Å². The molecule has 0 aromatic heterocycles. The van der Waals surface area contributed by atoms with Gasteiger partial charge in [-0.15, -0.1) is 0 Å². The van der Waals surface area contributed by atoms with Crippen molar-refractivity contribution < 1.29 is 0 Å². The minimum Gasteiger partial charge on any atom is -0.0654 e. The first-order chi connectivity index (χ1) is 13.7. The fraction of sp³-hybridized carbons (Fsp3) is 1.00. The van der Waals surface area contributed by atoms with Crippen LogP contribution in [-0.2, 0) is 0 Å². The fourth-order valence-electron chi connectivity index (χ4n) is 4.48. The van der Waals surface area contributed by atoms with Gasteiger partial charge in [0.15, 0.2) is 0 Å². The molecule has 0 amide bonds. The molecule has 0 rings (SSSR count). The lowest BCUT2D eigenvalue weighted by Gasteiger charge is -2.19. The van der Waals surface area contributed by atoms with Gasteiger partial charge in [-0.3, -0.25) is 0 Å². The van der Waals surface area contributed by atoms with Crippen molar-refractivity contribution in [2.24, 2.45) is 11.8 Å². The van der Waals surface area contributed by atoms with Crippen molar-refractivity contribution in [1.82, 2.24) is 0 Å². The molecule has 2 unspecified atom stereocenters. The Morgan fingerprint density at radius 1 is 0.321 bits per heavy atom. The van der Waals surface area contributed by atoms with Crippen LogP contribution >= 0.6 is 0 Å². The van der Waals surface area contributed by atoms with Crippen molar-refractivity contribution in [3.63, 3.8) is 0 Å². The van der Waals surface area contributed by atoms with E-state index in [1.807, 2.05) is 0 Å². The molecule has 0 heteroatoms. The van der Waals surface area contributed by atoms with Crippen molar-refractivity contribution in [3.8, 4) is 0 Å². The molecule has 0 aliphatic carbocycles. The maximum Gasteiger partial charge on any atom is -0.0417 e. The third-order valence-electron chi connectivity index (χ3n) is 7.00. The second kappa shape index (κ2) is 23.3. The summed E-state index contributed by atoms with van der Waals surface area (Å²) in [4.78, 5) is 0. The monoisotopic (exact) mass is 394 g/mol. The van der Waals surface area contributed by atoms with Gasteiger partial charge >= 0.3 is 0 Å². The summed E-state index contributed by atoms with van der Waals surface area (Å²) in [6.07, 6.45) is 32.2. The Balaban J connectivity index is 3.23. The Morgan fingerprint density at radius 2 is 0.536 bits per heavy atom. The summed E-state index contributed by atoms with van der Waals surface area (Å²) in [5, 5.41) is 0. The fourth-order valence-corrected chi connectivity index (χ4v) is 4.48. The second-order valence-electron chi connectivity index (χ2n) is 9.90. The number of unbranched alkanes of at least 4 members (excludes halogenated alkanes) is 18. The van der Waals surface area contributed by atoms with Crippen molar-refractivity contribution >= 4 is 0 Å². The molecule has 0 aromatic rings. The molecule has 0 saturated heterocycles. The van der Waals surface area contributed by atoms with Crippen LogP contribution in [0.1, 0.15) is 169 Å². The molecular formula is C28H58. The molecule has 0 fully saturated rings. The summed E-state index contributed by atoms with van der Waals surface area (Å²) >= 11 is 0. The molecule has 0 aromatic carbocycles. The highest BCUT2D eigenvalue weighted by Gasteiger charge is 2.11. The highest BCUT2D eigenvalue weighted by atomic mass is 14.2. The van der Waals surface area contributed by atoms with Crippen LogP contribution in [0.4, 0.5) is 0 Å². The summed E-state index contributed by atoms with van der Waals surface area (Å²) in [6, 6.07) is 0. The molecule has 0 aliphatic heterocycles. The van der Waals surface area contributed by atoms with Gasteiger partial charge in [0.25, 0.3) is 0 Å². The summed E-state index contributed by atoms with van der Waals surface area (Å²) in [5.74, 6) is 1.88. The number of hydrogen-bond donors (Lipinski definition) is 0. The third-order valence-corrected chi connectivity index (χ3v) is 7.00. The first kappa shape index (κ1) is 28.0. The van der Waals surface area contributed by atoms with E-state index in [1.54, 1.807) is 0 Å². The van der Waals surface area contributed by atoms with E-state index in [0.29, 0.717) is 0 Å². The van der Waals surface area contributed by atoms with Crippen LogP contribution in [-0.4, -0.2) is 0 Å². The van der Waals surface area contributed by atoms with Crippen molar-refractivity contribution in [2.75, 3.05) is 0 Å². The zero-order valence-corrected chi connectivity index (χ0v) is 20.7. The van der Waals surface area contributed by atoms with Crippen LogP contribution < -0.4 is 0 Å². The standard InChI is InChI=1S/C28H58/c1-5-7-9-11-12-13-14-15-16-17-18-19-20-22-24-26-28(4)27(3)25-23-21-10-8-6-2/h27-28H,5-26H2,1-4H3. The van der Waals surface area contributed by atoms with Crippen molar-refractivity contribution in [1.29, 1.82) is 0 Å². The van der Waals surface area contributed by atoms with Gasteiger partial charge in [0, 0.05) is 0 Å². The minimum absolute atomic E-state index is 0.938. The molecule has 0 nitrogen and oxygen atoms in total. The molecule has 0 spiro atoms. The molecule has 0 N–H and O–H groups in total. The molecule has 0 saturated carbocycles. The van der Waals surface area contributed by atoms with Crippen LogP contribution in [0.3, 0.4) is 0 Å². The van der Waals surface area contributed by atoms with Gasteiger partial charge in [-0.25, -0.2) is 0 Å². The smallest absolute Gasteiger partial charge is 0.0417 e. The number of rotatable bonds is 23. The van der Waals surface area contributed by atoms with Gasteiger partial charge in [-0.05, 0) is 11.8 Å². The van der Waals surface area contributed by atoms with Gasteiger partial charge in [0.1, 0.15) is 0 Å². The Morgan fingerprint density at radius 3 is 0.786 bits per heavy atom. The van der Waals surface area contributed by atoms with E-state index in [4.69, 9.17) is 0 Å². The lowest BCUT2D eigenvalue weighted by molar-refractivity contribution is 0.322. The molecule has 28 heavy (non-hydrogen) atoms. The van der Waals surface area contributed by atoms with Gasteiger partial charge < -0.3 is 0 Å². The number of hydrogen-bond acceptors (Lipinski definition) is 0. The van der Waals surface area contributed by atoms with Gasteiger partial charge in [-0.2, -0.15) is 0 Å². The molecule has 2 atom stereocenters. The molecule has 0 heterocycles. The second-order valence-corrected chi connectivity index (χ2v) is 9.90. The van der Waals surface area contributed by atoms with Crippen molar-refractivity contribution in [3.05, 3.63) is 0 Å². The van der Waals surface area contributed by atoms with Crippen LogP contribution in [0.5, 0.6) is 0 Å². The van der Waals surface area contributed by atoms with Gasteiger partial charge in [0.05, 0.1) is 0 Å². The van der Waals surface area contributed by atoms with E-state index in [9.17, 15) is 0 Å². The molecule has 0 bridgehead atoms. The zero-order valence-electron chi connectivity index (χ0n) is 20.7. The zero-order chi connectivity index (χ0) is 20.7. The lowest BCUT2D eigenvalue weighted by Crippen LogP contribution is -2.08. The van der Waals surface area contributed by atoms with Crippen molar-refractivity contribution in [2.45, 2.75) is 169 Å². The third kappa shape index (κ3) is 20.7. The Hall–Kier alpha value is 0. The summed E-state index contributed by atoms with van der Waals surface area (Å²) in [7, 11) is 0. The normalized spacial score (nSPS) is 13.7. The SMILES string of the molecule is CCCCCCCCCCCCCCCCCC(C)C(C)CCCCCCC. The van der Waals surface area contributed by atoms with Crippen LogP contribution in [0.2, 0.25) is 0 Å².